The van der Waals surface area contributed by atoms with Crippen molar-refractivity contribution < 1.29 is 14.2 Å². The SMILES string of the molecule is COc1cccc(CC(CN)(CO)C(C)C)c1F. The molecule has 0 saturated carbocycles. The molecule has 0 radical (unpaired) electrons. The number of hydrogen-bond donors (Lipinski definition) is 2. The number of halogens is 1. The number of aliphatic hydroxyl groups excluding tert-OH is 1. The first kappa shape index (κ1) is 14.9. The van der Waals surface area contributed by atoms with Crippen LogP contribution in [0.15, 0.2) is 18.2 Å². The van der Waals surface area contributed by atoms with Crippen LogP contribution in [0.5, 0.6) is 5.75 Å². The molecule has 0 bridgehead atoms. The lowest BCUT2D eigenvalue weighted by Gasteiger charge is -2.35. The summed E-state index contributed by atoms with van der Waals surface area (Å²) in [6.45, 7) is 4.23. The first-order chi connectivity index (χ1) is 8.50. The molecule has 18 heavy (non-hydrogen) atoms. The lowest BCUT2D eigenvalue weighted by atomic mass is 9.73. The van der Waals surface area contributed by atoms with Crippen molar-refractivity contribution in [2.75, 3.05) is 20.3 Å². The summed E-state index contributed by atoms with van der Waals surface area (Å²) < 4.78 is 19.1. The molecule has 3 N–H and O–H groups in total. The van der Waals surface area contributed by atoms with Gasteiger partial charge in [-0.2, -0.15) is 0 Å². The normalized spacial score (nSPS) is 14.6. The van der Waals surface area contributed by atoms with Gasteiger partial charge in [0.1, 0.15) is 0 Å². The number of benzene rings is 1. The fraction of sp³-hybridized carbons (Fsp3) is 0.571. The van der Waals surface area contributed by atoms with E-state index >= 15 is 0 Å². The van der Waals surface area contributed by atoms with Crippen molar-refractivity contribution in [2.45, 2.75) is 20.3 Å². The fourth-order valence-corrected chi connectivity index (χ4v) is 2.04. The predicted octanol–water partition coefficient (Wildman–Crippen LogP) is 1.97. The number of hydrogen-bond acceptors (Lipinski definition) is 3. The van der Waals surface area contributed by atoms with Crippen LogP contribution in [-0.2, 0) is 6.42 Å². The third-order valence-corrected chi connectivity index (χ3v) is 3.75. The molecule has 0 saturated heterocycles. The van der Waals surface area contributed by atoms with Crippen molar-refractivity contribution in [1.29, 1.82) is 0 Å². The van der Waals surface area contributed by atoms with Gasteiger partial charge in [0.05, 0.1) is 13.7 Å². The Morgan fingerprint density at radius 2 is 2.11 bits per heavy atom. The van der Waals surface area contributed by atoms with Crippen LogP contribution >= 0.6 is 0 Å². The first-order valence-electron chi connectivity index (χ1n) is 6.13. The minimum atomic E-state index is -0.493. The second-order valence-electron chi connectivity index (χ2n) is 4.99. The Hall–Kier alpha value is -1.13. The minimum Gasteiger partial charge on any atom is -0.494 e. The van der Waals surface area contributed by atoms with Gasteiger partial charge >= 0.3 is 0 Å². The van der Waals surface area contributed by atoms with E-state index in [2.05, 4.69) is 0 Å². The molecular formula is C14H22FNO2. The Labute approximate surface area is 108 Å². The molecule has 0 aliphatic rings. The van der Waals surface area contributed by atoms with Gasteiger partial charge in [-0.15, -0.1) is 0 Å². The lowest BCUT2D eigenvalue weighted by Crippen LogP contribution is -2.41. The van der Waals surface area contributed by atoms with Crippen LogP contribution in [0.4, 0.5) is 4.39 Å². The highest BCUT2D eigenvalue weighted by Gasteiger charge is 2.33. The molecule has 0 aliphatic heterocycles. The Bertz CT molecular complexity index is 389. The van der Waals surface area contributed by atoms with Crippen LogP contribution < -0.4 is 10.5 Å². The standard InChI is InChI=1S/C14H22FNO2/c1-10(2)14(8-16,9-17)7-11-5-4-6-12(18-3)13(11)15/h4-6,10,17H,7-9,16H2,1-3H3. The van der Waals surface area contributed by atoms with E-state index in [0.29, 0.717) is 18.5 Å². The number of ether oxygens (including phenoxy) is 1. The van der Waals surface area contributed by atoms with Crippen molar-refractivity contribution in [3.8, 4) is 5.75 Å². The number of methoxy groups -OCH3 is 1. The molecule has 102 valence electrons. The van der Waals surface area contributed by atoms with Gasteiger partial charge in [-0.25, -0.2) is 4.39 Å². The van der Waals surface area contributed by atoms with E-state index in [-0.39, 0.29) is 24.1 Å². The number of nitrogens with two attached hydrogens (primary N) is 1. The molecule has 1 aromatic carbocycles. The summed E-state index contributed by atoms with van der Waals surface area (Å²) in [5.74, 6) is 0.0187. The van der Waals surface area contributed by atoms with Crippen LogP contribution in [0, 0.1) is 17.2 Å². The Balaban J connectivity index is 3.08. The van der Waals surface area contributed by atoms with Crippen molar-refractivity contribution >= 4 is 0 Å². The van der Waals surface area contributed by atoms with Crippen molar-refractivity contribution in [2.24, 2.45) is 17.1 Å². The molecule has 0 amide bonds. The topological polar surface area (TPSA) is 55.5 Å². The van der Waals surface area contributed by atoms with E-state index in [1.54, 1.807) is 18.2 Å². The quantitative estimate of drug-likeness (QED) is 0.817. The molecule has 1 atom stereocenters. The highest BCUT2D eigenvalue weighted by Crippen LogP contribution is 2.33. The summed E-state index contributed by atoms with van der Waals surface area (Å²) in [6, 6.07) is 5.04. The van der Waals surface area contributed by atoms with Crippen molar-refractivity contribution in [1.82, 2.24) is 0 Å². The highest BCUT2D eigenvalue weighted by atomic mass is 19.1. The summed E-state index contributed by atoms with van der Waals surface area (Å²) in [5.41, 5.74) is 5.81. The van der Waals surface area contributed by atoms with Crippen LogP contribution in [0.1, 0.15) is 19.4 Å². The summed E-state index contributed by atoms with van der Waals surface area (Å²) in [7, 11) is 1.44. The molecule has 0 spiro atoms. The molecule has 0 heterocycles. The summed E-state index contributed by atoms with van der Waals surface area (Å²) in [6.07, 6.45) is 0.403. The van der Waals surface area contributed by atoms with Crippen LogP contribution in [0.2, 0.25) is 0 Å². The summed E-state index contributed by atoms with van der Waals surface area (Å²) in [4.78, 5) is 0. The lowest BCUT2D eigenvalue weighted by molar-refractivity contribution is 0.0833. The van der Waals surface area contributed by atoms with Crippen LogP contribution in [0.3, 0.4) is 0 Å². The Morgan fingerprint density at radius 1 is 1.44 bits per heavy atom. The second kappa shape index (κ2) is 6.16. The third kappa shape index (κ3) is 2.82. The third-order valence-electron chi connectivity index (χ3n) is 3.75. The van der Waals surface area contributed by atoms with Gasteiger partial charge in [0, 0.05) is 12.0 Å². The largest absolute Gasteiger partial charge is 0.494 e. The highest BCUT2D eigenvalue weighted by molar-refractivity contribution is 5.32. The molecular weight excluding hydrogens is 233 g/mol. The minimum absolute atomic E-state index is 0.0577. The zero-order chi connectivity index (χ0) is 13.8. The van der Waals surface area contributed by atoms with Gasteiger partial charge in [0.2, 0.25) is 0 Å². The van der Waals surface area contributed by atoms with Gasteiger partial charge in [-0.05, 0) is 24.0 Å². The molecule has 1 aromatic rings. The number of aliphatic hydroxyl groups is 1. The molecule has 0 aromatic heterocycles. The zero-order valence-electron chi connectivity index (χ0n) is 11.2. The van der Waals surface area contributed by atoms with E-state index < -0.39 is 5.41 Å². The molecule has 1 rings (SSSR count). The van der Waals surface area contributed by atoms with Gasteiger partial charge in [0.25, 0.3) is 0 Å². The summed E-state index contributed by atoms with van der Waals surface area (Å²) in [5, 5.41) is 9.59. The Kier molecular flexibility index (Phi) is 5.11. The van der Waals surface area contributed by atoms with E-state index in [0.717, 1.165) is 0 Å². The zero-order valence-corrected chi connectivity index (χ0v) is 11.2. The van der Waals surface area contributed by atoms with E-state index in [9.17, 15) is 9.50 Å². The molecule has 4 heteroatoms. The molecule has 0 fully saturated rings. The molecule has 0 aliphatic carbocycles. The summed E-state index contributed by atoms with van der Waals surface area (Å²) >= 11 is 0. The number of rotatable bonds is 6. The van der Waals surface area contributed by atoms with Crippen LogP contribution in [-0.4, -0.2) is 25.4 Å². The maximum Gasteiger partial charge on any atom is 0.168 e. The van der Waals surface area contributed by atoms with Gasteiger partial charge in [0.15, 0.2) is 11.6 Å². The molecule has 1 unspecified atom stereocenters. The van der Waals surface area contributed by atoms with Crippen LogP contribution in [0.25, 0.3) is 0 Å². The average molecular weight is 255 g/mol. The smallest absolute Gasteiger partial charge is 0.168 e. The maximum absolute atomic E-state index is 14.1. The average Bonchev–Trinajstić information content (AvgIpc) is 2.37. The van der Waals surface area contributed by atoms with E-state index in [1.807, 2.05) is 13.8 Å². The maximum atomic E-state index is 14.1. The predicted molar refractivity (Wildman–Crippen MR) is 70.1 cm³/mol. The Morgan fingerprint density at radius 3 is 2.56 bits per heavy atom. The molecule has 3 nitrogen and oxygen atoms in total. The van der Waals surface area contributed by atoms with Crippen molar-refractivity contribution in [3.05, 3.63) is 29.6 Å². The van der Waals surface area contributed by atoms with Gasteiger partial charge < -0.3 is 15.6 Å². The van der Waals surface area contributed by atoms with E-state index in [1.165, 1.54) is 7.11 Å². The fourth-order valence-electron chi connectivity index (χ4n) is 2.04. The second-order valence-corrected chi connectivity index (χ2v) is 4.99. The monoisotopic (exact) mass is 255 g/mol. The first-order valence-corrected chi connectivity index (χ1v) is 6.13. The van der Waals surface area contributed by atoms with Gasteiger partial charge in [-0.1, -0.05) is 26.0 Å². The van der Waals surface area contributed by atoms with E-state index in [4.69, 9.17) is 10.5 Å². The van der Waals surface area contributed by atoms with Gasteiger partial charge in [-0.3, -0.25) is 0 Å². The van der Waals surface area contributed by atoms with Crippen molar-refractivity contribution in [3.63, 3.8) is 0 Å².